The van der Waals surface area contributed by atoms with Crippen molar-refractivity contribution in [3.8, 4) is 146 Å². The molecular formula is C90H56N6S2. The molecule has 6 nitrogen and oxygen atoms in total. The Balaban J connectivity index is 0.727. The van der Waals surface area contributed by atoms with E-state index in [2.05, 4.69) is 303 Å². The van der Waals surface area contributed by atoms with Crippen LogP contribution in [0.5, 0.6) is 0 Å². The van der Waals surface area contributed by atoms with E-state index in [1.807, 2.05) is 36.4 Å². The number of rotatable bonds is 13. The third-order valence-electron chi connectivity index (χ3n) is 18.4. The van der Waals surface area contributed by atoms with Crippen LogP contribution in [-0.4, -0.2) is 29.9 Å². The second-order valence-corrected chi connectivity index (χ2v) is 26.6. The molecule has 4 heterocycles. The molecule has 8 heteroatoms. The van der Waals surface area contributed by atoms with Crippen molar-refractivity contribution in [3.63, 3.8) is 0 Å². The number of aromatic nitrogens is 6. The van der Waals surface area contributed by atoms with Crippen LogP contribution in [0.25, 0.3) is 187 Å². The van der Waals surface area contributed by atoms with Gasteiger partial charge in [0.1, 0.15) is 0 Å². The van der Waals surface area contributed by atoms with Crippen molar-refractivity contribution in [1.29, 1.82) is 0 Å². The molecule has 458 valence electrons. The summed E-state index contributed by atoms with van der Waals surface area (Å²) in [5, 5.41) is 4.76. The number of nitrogens with zero attached hydrogens (tertiary/aromatic N) is 6. The maximum atomic E-state index is 5.39. The second kappa shape index (κ2) is 25.0. The Morgan fingerprint density at radius 2 is 0.469 bits per heavy atom. The molecule has 0 saturated heterocycles. The van der Waals surface area contributed by atoms with Crippen molar-refractivity contribution in [2.75, 3.05) is 0 Å². The predicted octanol–water partition coefficient (Wildman–Crippen LogP) is 24.5. The Labute approximate surface area is 574 Å². The number of hydrogen-bond donors (Lipinski definition) is 0. The predicted molar refractivity (Wildman–Crippen MR) is 410 cm³/mol. The zero-order valence-corrected chi connectivity index (χ0v) is 54.5. The van der Waals surface area contributed by atoms with E-state index in [0.717, 1.165) is 109 Å². The van der Waals surface area contributed by atoms with Crippen molar-refractivity contribution < 1.29 is 0 Å². The van der Waals surface area contributed by atoms with Crippen LogP contribution in [-0.2, 0) is 0 Å². The fourth-order valence-corrected chi connectivity index (χ4v) is 16.0. The highest BCUT2D eigenvalue weighted by atomic mass is 32.1. The molecule has 0 spiro atoms. The molecule has 98 heavy (non-hydrogen) atoms. The first kappa shape index (κ1) is 58.1. The van der Waals surface area contributed by atoms with Crippen LogP contribution in [0.15, 0.2) is 340 Å². The number of thiophene rings is 2. The van der Waals surface area contributed by atoms with Gasteiger partial charge in [0.25, 0.3) is 0 Å². The van der Waals surface area contributed by atoms with Crippen LogP contribution in [0.1, 0.15) is 0 Å². The quantitative estimate of drug-likeness (QED) is 0.114. The Hall–Kier alpha value is -12.5. The fourth-order valence-electron chi connectivity index (χ4n) is 13.6. The van der Waals surface area contributed by atoms with E-state index in [1.165, 1.54) is 42.2 Å². The SMILES string of the molecule is c1ccc(-c2ccc(-c3cc(-c4ccc5c(c4)sc4c(-c6nc(-c7ccccc7)nc(-c7cccc(-c8ccccc8-c8cccc(-c9ccccc9)c8)c7)n6)cccc45)ccc3-c3cccc(-c4nc(-c5ccccc5)nc(-c5cccc6c5sc5ccccc56)n4)c3)cc2)cc1. The summed E-state index contributed by atoms with van der Waals surface area (Å²) < 4.78 is 4.67. The van der Waals surface area contributed by atoms with Crippen molar-refractivity contribution >= 4 is 63.0 Å². The van der Waals surface area contributed by atoms with Gasteiger partial charge in [-0.15, -0.1) is 22.7 Å². The third-order valence-corrected chi connectivity index (χ3v) is 20.9. The lowest BCUT2D eigenvalue weighted by Crippen LogP contribution is -2.00. The van der Waals surface area contributed by atoms with Crippen LogP contribution in [0.2, 0.25) is 0 Å². The summed E-state index contributed by atoms with van der Waals surface area (Å²) >= 11 is 3.56. The van der Waals surface area contributed by atoms with Gasteiger partial charge in [0.05, 0.1) is 0 Å². The van der Waals surface area contributed by atoms with Gasteiger partial charge < -0.3 is 0 Å². The van der Waals surface area contributed by atoms with Crippen LogP contribution >= 0.6 is 22.7 Å². The Morgan fingerprint density at radius 3 is 1.02 bits per heavy atom. The number of hydrogen-bond acceptors (Lipinski definition) is 8. The Morgan fingerprint density at radius 1 is 0.153 bits per heavy atom. The monoisotopic (exact) mass is 1280 g/mol. The first-order valence-corrected chi connectivity index (χ1v) is 34.4. The normalized spacial score (nSPS) is 11.5. The molecule has 14 aromatic carbocycles. The molecule has 0 bridgehead atoms. The van der Waals surface area contributed by atoms with Crippen LogP contribution in [0, 0.1) is 0 Å². The van der Waals surface area contributed by atoms with Gasteiger partial charge in [-0.25, -0.2) is 29.9 Å². The minimum absolute atomic E-state index is 0.606. The zero-order valence-electron chi connectivity index (χ0n) is 52.8. The lowest BCUT2D eigenvalue weighted by atomic mass is 9.89. The average molecular weight is 1290 g/mol. The van der Waals surface area contributed by atoms with E-state index in [0.29, 0.717) is 34.9 Å². The van der Waals surface area contributed by atoms with E-state index in [4.69, 9.17) is 29.9 Å². The van der Waals surface area contributed by atoms with Crippen LogP contribution < -0.4 is 0 Å². The summed E-state index contributed by atoms with van der Waals surface area (Å²) in [6.45, 7) is 0. The molecule has 0 amide bonds. The van der Waals surface area contributed by atoms with Gasteiger partial charge in [-0.3, -0.25) is 0 Å². The van der Waals surface area contributed by atoms with Crippen LogP contribution in [0.4, 0.5) is 0 Å². The molecule has 0 N–H and O–H groups in total. The number of fused-ring (bicyclic) bond motifs is 6. The molecule has 0 aliphatic heterocycles. The standard InChI is InChI=1S/C90H56N6S2/c1-5-22-57(23-6-1)59-44-46-60(47-45-59)80-55-64(48-50-73(80)68-33-19-35-70(54-68)88-92-85(61-26-9-3-10-27-61)93-89(95-88)78-41-20-39-76-74-38-15-16-43-81(74)97-83(76)78)65-49-51-75-77-40-21-42-79(84(77)98-82(75)56-65)90-94-86(62-28-11-4-12-29-62)91-87(96-90)69-34-18-32-67(53-69)72-37-14-13-36-71(72)66-31-17-30-63(52-66)58-24-7-2-8-25-58/h1-56H. The third kappa shape index (κ3) is 11.0. The van der Waals surface area contributed by atoms with Gasteiger partial charge in [0.15, 0.2) is 34.9 Å². The highest BCUT2D eigenvalue weighted by molar-refractivity contribution is 7.26. The smallest absolute Gasteiger partial charge is 0.165 e. The second-order valence-electron chi connectivity index (χ2n) is 24.5. The molecular weight excluding hydrogens is 1230 g/mol. The lowest BCUT2D eigenvalue weighted by Gasteiger charge is -2.15. The fraction of sp³-hybridized carbons (Fsp3) is 0. The largest absolute Gasteiger partial charge is 0.208 e. The van der Waals surface area contributed by atoms with Gasteiger partial charge in [0.2, 0.25) is 0 Å². The van der Waals surface area contributed by atoms with Crippen molar-refractivity contribution in [3.05, 3.63) is 340 Å². The molecule has 0 radical (unpaired) electrons. The lowest BCUT2D eigenvalue weighted by molar-refractivity contribution is 1.08. The van der Waals surface area contributed by atoms with Gasteiger partial charge in [0, 0.05) is 73.7 Å². The molecule has 0 fully saturated rings. The molecule has 0 unspecified atom stereocenters. The minimum Gasteiger partial charge on any atom is -0.208 e. The topological polar surface area (TPSA) is 77.3 Å². The van der Waals surface area contributed by atoms with Gasteiger partial charge in [-0.2, -0.15) is 0 Å². The Kier molecular flexibility index (Phi) is 14.8. The average Bonchev–Trinajstić information content (AvgIpc) is 1.61. The van der Waals surface area contributed by atoms with E-state index >= 15 is 0 Å². The minimum atomic E-state index is 0.606. The summed E-state index contributed by atoms with van der Waals surface area (Å²) in [5.41, 5.74) is 21.4. The summed E-state index contributed by atoms with van der Waals surface area (Å²) in [6.07, 6.45) is 0. The molecule has 18 aromatic rings. The van der Waals surface area contributed by atoms with Gasteiger partial charge >= 0.3 is 0 Å². The Bertz CT molecular complexity index is 6050. The molecule has 0 aliphatic carbocycles. The van der Waals surface area contributed by atoms with E-state index in [9.17, 15) is 0 Å². The van der Waals surface area contributed by atoms with Crippen molar-refractivity contribution in [2.24, 2.45) is 0 Å². The summed E-state index contributed by atoms with van der Waals surface area (Å²) in [5.74, 6) is 3.71. The van der Waals surface area contributed by atoms with Crippen molar-refractivity contribution in [1.82, 2.24) is 29.9 Å². The highest BCUT2D eigenvalue weighted by Crippen LogP contribution is 2.45. The maximum Gasteiger partial charge on any atom is 0.165 e. The summed E-state index contributed by atoms with van der Waals surface area (Å²) in [4.78, 5) is 31.7. The zero-order chi connectivity index (χ0) is 64.9. The molecule has 0 atom stereocenters. The molecule has 18 rings (SSSR count). The molecule has 0 saturated carbocycles. The maximum absolute atomic E-state index is 5.39. The summed E-state index contributed by atoms with van der Waals surface area (Å²) in [6, 6.07) is 121. The van der Waals surface area contributed by atoms with Crippen LogP contribution in [0.3, 0.4) is 0 Å². The van der Waals surface area contributed by atoms with Crippen molar-refractivity contribution in [2.45, 2.75) is 0 Å². The number of benzene rings is 14. The van der Waals surface area contributed by atoms with E-state index < -0.39 is 0 Å². The first-order chi connectivity index (χ1) is 48.5. The summed E-state index contributed by atoms with van der Waals surface area (Å²) in [7, 11) is 0. The van der Waals surface area contributed by atoms with Gasteiger partial charge in [-0.05, 0) is 126 Å². The van der Waals surface area contributed by atoms with E-state index in [1.54, 1.807) is 22.7 Å². The highest BCUT2D eigenvalue weighted by Gasteiger charge is 2.22. The first-order valence-electron chi connectivity index (χ1n) is 32.8. The van der Waals surface area contributed by atoms with Gasteiger partial charge in [-0.1, -0.05) is 291 Å². The molecule has 0 aliphatic rings. The molecule has 4 aromatic heterocycles. The van der Waals surface area contributed by atoms with E-state index in [-0.39, 0.29) is 0 Å².